The highest BCUT2D eigenvalue weighted by Crippen LogP contribution is 2.15. The smallest absolute Gasteiger partial charge is 0.316 e. The predicted octanol–water partition coefficient (Wildman–Crippen LogP) is 2.17. The average molecular weight is 295 g/mol. The molecule has 2 aromatic rings. The summed E-state index contributed by atoms with van der Waals surface area (Å²) in [6.07, 6.45) is 7.47. The van der Waals surface area contributed by atoms with Crippen molar-refractivity contribution in [1.82, 2.24) is 14.9 Å². The Morgan fingerprint density at radius 3 is 2.73 bits per heavy atom. The molecule has 2 heterocycles. The van der Waals surface area contributed by atoms with Crippen LogP contribution in [0.2, 0.25) is 0 Å². The number of benzene rings is 1. The van der Waals surface area contributed by atoms with Crippen molar-refractivity contribution in [2.24, 2.45) is 0 Å². The third kappa shape index (κ3) is 3.69. The molecule has 1 atom stereocenters. The van der Waals surface area contributed by atoms with Crippen LogP contribution in [0.15, 0.2) is 54.9 Å². The van der Waals surface area contributed by atoms with Gasteiger partial charge in [-0.25, -0.2) is 9.97 Å². The normalized spacial score (nSPS) is 17.8. The number of aromatic nitrogens is 2. The maximum Gasteiger partial charge on any atom is 0.316 e. The second-order valence-corrected chi connectivity index (χ2v) is 5.09. The molecule has 0 bridgehead atoms. The van der Waals surface area contributed by atoms with Crippen LogP contribution in [-0.4, -0.2) is 40.0 Å². The first kappa shape index (κ1) is 14.3. The second-order valence-electron chi connectivity index (χ2n) is 5.09. The highest BCUT2D eigenvalue weighted by Gasteiger charge is 2.26. The number of rotatable bonds is 4. The first-order valence-electron chi connectivity index (χ1n) is 7.27. The van der Waals surface area contributed by atoms with Gasteiger partial charge in [-0.15, -0.1) is 0 Å². The number of hydrogen-bond acceptors (Lipinski definition) is 4. The maximum absolute atomic E-state index is 12.2. The van der Waals surface area contributed by atoms with Crippen LogP contribution in [-0.2, 0) is 4.79 Å². The molecule has 1 aromatic heterocycles. The van der Waals surface area contributed by atoms with Gasteiger partial charge in [0.25, 0.3) is 0 Å². The summed E-state index contributed by atoms with van der Waals surface area (Å²) in [4.78, 5) is 22.0. The van der Waals surface area contributed by atoms with Gasteiger partial charge in [0.05, 0.1) is 6.54 Å². The van der Waals surface area contributed by atoms with Gasteiger partial charge in [-0.3, -0.25) is 4.79 Å². The molecule has 3 rings (SSSR count). The highest BCUT2D eigenvalue weighted by molar-refractivity contribution is 5.91. The standard InChI is InChI=1S/C17H17N3O2/c21-16(8-7-14-5-2-1-3-6-14)20-12-9-15(13-20)22-17-18-10-4-11-19-17/h1-8,10-11,15H,9,12-13H2/b8-7+/t15-/m0/s1. The molecule has 1 saturated heterocycles. The van der Waals surface area contributed by atoms with Crippen LogP contribution < -0.4 is 4.74 Å². The monoisotopic (exact) mass is 295 g/mol. The van der Waals surface area contributed by atoms with Crippen LogP contribution in [0.3, 0.4) is 0 Å². The first-order valence-corrected chi connectivity index (χ1v) is 7.27. The predicted molar refractivity (Wildman–Crippen MR) is 83.1 cm³/mol. The van der Waals surface area contributed by atoms with Crippen molar-refractivity contribution in [1.29, 1.82) is 0 Å². The van der Waals surface area contributed by atoms with E-state index in [0.29, 0.717) is 19.1 Å². The lowest BCUT2D eigenvalue weighted by Crippen LogP contribution is -2.29. The number of hydrogen-bond donors (Lipinski definition) is 0. The van der Waals surface area contributed by atoms with Gasteiger partial charge < -0.3 is 9.64 Å². The topological polar surface area (TPSA) is 55.3 Å². The summed E-state index contributed by atoms with van der Waals surface area (Å²) in [5.41, 5.74) is 1.01. The third-order valence-electron chi connectivity index (χ3n) is 3.49. The molecule has 0 spiro atoms. The summed E-state index contributed by atoms with van der Waals surface area (Å²) in [5, 5.41) is 0. The Balaban J connectivity index is 1.54. The van der Waals surface area contributed by atoms with Gasteiger partial charge in [0, 0.05) is 31.4 Å². The molecule has 112 valence electrons. The number of nitrogens with zero attached hydrogens (tertiary/aromatic N) is 3. The van der Waals surface area contributed by atoms with Crippen LogP contribution in [0, 0.1) is 0 Å². The van der Waals surface area contributed by atoms with Crippen LogP contribution in [0.4, 0.5) is 0 Å². The number of ether oxygens (including phenoxy) is 1. The van der Waals surface area contributed by atoms with Gasteiger partial charge in [-0.2, -0.15) is 0 Å². The Morgan fingerprint density at radius 1 is 1.18 bits per heavy atom. The fraction of sp³-hybridized carbons (Fsp3) is 0.235. The molecule has 1 amide bonds. The van der Waals surface area contributed by atoms with Crippen LogP contribution >= 0.6 is 0 Å². The summed E-state index contributed by atoms with van der Waals surface area (Å²) in [6.45, 7) is 1.26. The van der Waals surface area contributed by atoms with Crippen molar-refractivity contribution >= 4 is 12.0 Å². The number of carbonyl (C=O) groups excluding carboxylic acids is 1. The van der Waals surface area contributed by atoms with Crippen molar-refractivity contribution in [3.63, 3.8) is 0 Å². The molecular formula is C17H17N3O2. The van der Waals surface area contributed by atoms with E-state index in [4.69, 9.17) is 4.74 Å². The Morgan fingerprint density at radius 2 is 1.95 bits per heavy atom. The lowest BCUT2D eigenvalue weighted by Gasteiger charge is -2.14. The zero-order valence-electron chi connectivity index (χ0n) is 12.1. The fourth-order valence-electron chi connectivity index (χ4n) is 2.36. The van der Waals surface area contributed by atoms with E-state index >= 15 is 0 Å². The Labute approximate surface area is 129 Å². The molecule has 1 aliphatic heterocycles. The molecule has 0 saturated carbocycles. The van der Waals surface area contributed by atoms with E-state index in [2.05, 4.69) is 9.97 Å². The Kier molecular flexibility index (Phi) is 4.44. The van der Waals surface area contributed by atoms with E-state index in [1.165, 1.54) is 0 Å². The quantitative estimate of drug-likeness (QED) is 0.811. The number of carbonyl (C=O) groups is 1. The second kappa shape index (κ2) is 6.85. The van der Waals surface area contributed by atoms with Gasteiger partial charge >= 0.3 is 6.01 Å². The molecular weight excluding hydrogens is 278 g/mol. The van der Waals surface area contributed by atoms with Crippen molar-refractivity contribution in [3.8, 4) is 6.01 Å². The molecule has 0 N–H and O–H groups in total. The zero-order valence-corrected chi connectivity index (χ0v) is 12.1. The summed E-state index contributed by atoms with van der Waals surface area (Å²) in [7, 11) is 0. The molecule has 5 nitrogen and oxygen atoms in total. The third-order valence-corrected chi connectivity index (χ3v) is 3.49. The van der Waals surface area contributed by atoms with E-state index in [-0.39, 0.29) is 12.0 Å². The zero-order chi connectivity index (χ0) is 15.2. The molecule has 0 radical (unpaired) electrons. The molecule has 0 unspecified atom stereocenters. The van der Waals surface area contributed by atoms with E-state index in [0.717, 1.165) is 12.0 Å². The van der Waals surface area contributed by atoms with E-state index in [9.17, 15) is 4.79 Å². The summed E-state index contributed by atoms with van der Waals surface area (Å²) in [6, 6.07) is 11.9. The molecule has 5 heteroatoms. The van der Waals surface area contributed by atoms with E-state index < -0.39 is 0 Å². The minimum absolute atomic E-state index is 0.00364. The van der Waals surface area contributed by atoms with E-state index in [1.54, 1.807) is 29.4 Å². The average Bonchev–Trinajstić information content (AvgIpc) is 3.03. The van der Waals surface area contributed by atoms with Crippen LogP contribution in [0.5, 0.6) is 6.01 Å². The Hall–Kier alpha value is -2.69. The maximum atomic E-state index is 12.2. The number of likely N-dealkylation sites (tertiary alicyclic amines) is 1. The largest absolute Gasteiger partial charge is 0.458 e. The lowest BCUT2D eigenvalue weighted by molar-refractivity contribution is -0.125. The van der Waals surface area contributed by atoms with Crippen LogP contribution in [0.25, 0.3) is 6.08 Å². The van der Waals surface area contributed by atoms with Gasteiger partial charge in [-0.05, 0) is 17.7 Å². The van der Waals surface area contributed by atoms with Gasteiger partial charge in [0.15, 0.2) is 0 Å². The first-order chi connectivity index (χ1) is 10.8. The minimum Gasteiger partial charge on any atom is -0.458 e. The van der Waals surface area contributed by atoms with Crippen molar-refractivity contribution < 1.29 is 9.53 Å². The highest BCUT2D eigenvalue weighted by atomic mass is 16.5. The van der Waals surface area contributed by atoms with Gasteiger partial charge in [0.2, 0.25) is 5.91 Å². The van der Waals surface area contributed by atoms with Crippen molar-refractivity contribution in [3.05, 3.63) is 60.4 Å². The van der Waals surface area contributed by atoms with Gasteiger partial charge in [-0.1, -0.05) is 30.3 Å². The van der Waals surface area contributed by atoms with Gasteiger partial charge in [0.1, 0.15) is 6.10 Å². The minimum atomic E-state index is -0.0449. The molecule has 1 aliphatic rings. The SMILES string of the molecule is O=C(/C=C/c1ccccc1)N1CC[C@H](Oc2ncccn2)C1. The Bertz CT molecular complexity index is 643. The van der Waals surface area contributed by atoms with Crippen LogP contribution in [0.1, 0.15) is 12.0 Å². The molecule has 0 aliphatic carbocycles. The van der Waals surface area contributed by atoms with Crippen molar-refractivity contribution in [2.45, 2.75) is 12.5 Å². The molecule has 1 aromatic carbocycles. The summed E-state index contributed by atoms with van der Waals surface area (Å²) in [5.74, 6) is 0.00364. The summed E-state index contributed by atoms with van der Waals surface area (Å²) < 4.78 is 5.68. The lowest BCUT2D eigenvalue weighted by atomic mass is 10.2. The molecule has 22 heavy (non-hydrogen) atoms. The van der Waals surface area contributed by atoms with Crippen molar-refractivity contribution in [2.75, 3.05) is 13.1 Å². The van der Waals surface area contributed by atoms with E-state index in [1.807, 2.05) is 36.4 Å². The summed E-state index contributed by atoms with van der Waals surface area (Å²) >= 11 is 0. The number of amides is 1. The molecule has 1 fully saturated rings. The fourth-order valence-corrected chi connectivity index (χ4v) is 2.36.